The molecule has 0 bridgehead atoms. The van der Waals surface area contributed by atoms with Crippen LogP contribution in [0.15, 0.2) is 47.8 Å². The van der Waals surface area contributed by atoms with Crippen molar-refractivity contribution in [3.8, 4) is 0 Å². The van der Waals surface area contributed by atoms with Gasteiger partial charge in [0, 0.05) is 19.1 Å². The second-order valence-electron chi connectivity index (χ2n) is 5.86. The summed E-state index contributed by atoms with van der Waals surface area (Å²) in [5.74, 6) is -0.330. The van der Waals surface area contributed by atoms with Crippen molar-refractivity contribution in [2.75, 3.05) is 13.1 Å². The molecule has 0 spiro atoms. The van der Waals surface area contributed by atoms with Crippen LogP contribution in [0.4, 0.5) is 0 Å². The smallest absolute Gasteiger partial charge is 0.261 e. The molecule has 1 atom stereocenters. The average molecular weight is 344 g/mol. The molecule has 2 aromatic rings. The van der Waals surface area contributed by atoms with Crippen molar-refractivity contribution in [3.63, 3.8) is 0 Å². The van der Waals surface area contributed by atoms with E-state index in [9.17, 15) is 14.7 Å². The van der Waals surface area contributed by atoms with E-state index >= 15 is 0 Å². The van der Waals surface area contributed by atoms with Crippen LogP contribution < -0.4 is 5.32 Å². The number of nitrogens with one attached hydrogen (secondary N) is 1. The zero-order chi connectivity index (χ0) is 16.9. The molecule has 24 heavy (non-hydrogen) atoms. The van der Waals surface area contributed by atoms with Gasteiger partial charge in [0.25, 0.3) is 11.8 Å². The van der Waals surface area contributed by atoms with Gasteiger partial charge in [0.05, 0.1) is 4.88 Å². The minimum Gasteiger partial charge on any atom is -0.378 e. The van der Waals surface area contributed by atoms with Crippen molar-refractivity contribution in [2.24, 2.45) is 0 Å². The van der Waals surface area contributed by atoms with Gasteiger partial charge in [-0.05, 0) is 29.9 Å². The van der Waals surface area contributed by atoms with E-state index in [4.69, 9.17) is 0 Å². The SMILES string of the molecule is O=C(NC1CCN(C(=O)C(O)c2ccccc2)CC1)c1cccs1. The maximum Gasteiger partial charge on any atom is 0.261 e. The number of aliphatic hydroxyl groups is 1. The van der Waals surface area contributed by atoms with E-state index in [-0.39, 0.29) is 17.9 Å². The lowest BCUT2D eigenvalue weighted by atomic mass is 10.0. The van der Waals surface area contributed by atoms with E-state index in [1.54, 1.807) is 35.2 Å². The van der Waals surface area contributed by atoms with Gasteiger partial charge in [0.1, 0.15) is 0 Å². The van der Waals surface area contributed by atoms with Gasteiger partial charge >= 0.3 is 0 Å². The third-order valence-electron chi connectivity index (χ3n) is 4.24. The number of carbonyl (C=O) groups is 2. The quantitative estimate of drug-likeness (QED) is 0.893. The third kappa shape index (κ3) is 3.83. The van der Waals surface area contributed by atoms with Crippen molar-refractivity contribution in [3.05, 3.63) is 58.3 Å². The predicted octanol–water partition coefficient (Wildman–Crippen LogP) is 2.20. The number of hydrogen-bond donors (Lipinski definition) is 2. The zero-order valence-electron chi connectivity index (χ0n) is 13.2. The van der Waals surface area contributed by atoms with Gasteiger partial charge in [-0.3, -0.25) is 9.59 Å². The maximum absolute atomic E-state index is 12.4. The molecular formula is C18H20N2O3S. The lowest BCUT2D eigenvalue weighted by Crippen LogP contribution is -2.47. The molecule has 0 aliphatic carbocycles. The summed E-state index contributed by atoms with van der Waals surface area (Å²) < 4.78 is 0. The highest BCUT2D eigenvalue weighted by Crippen LogP contribution is 2.19. The van der Waals surface area contributed by atoms with Gasteiger partial charge < -0.3 is 15.3 Å². The molecule has 1 saturated heterocycles. The fourth-order valence-electron chi connectivity index (χ4n) is 2.86. The number of likely N-dealkylation sites (tertiary alicyclic amines) is 1. The van der Waals surface area contributed by atoms with Gasteiger partial charge in [0.2, 0.25) is 0 Å². The number of benzene rings is 1. The van der Waals surface area contributed by atoms with E-state index in [0.717, 1.165) is 0 Å². The van der Waals surface area contributed by atoms with Gasteiger partial charge in [-0.15, -0.1) is 11.3 Å². The summed E-state index contributed by atoms with van der Waals surface area (Å²) in [7, 11) is 0. The molecule has 2 heterocycles. The molecule has 3 rings (SSSR count). The lowest BCUT2D eigenvalue weighted by molar-refractivity contribution is -0.141. The van der Waals surface area contributed by atoms with Crippen LogP contribution in [0.5, 0.6) is 0 Å². The molecule has 2 amide bonds. The first kappa shape index (κ1) is 16.7. The summed E-state index contributed by atoms with van der Waals surface area (Å²) in [5, 5.41) is 15.1. The summed E-state index contributed by atoms with van der Waals surface area (Å²) in [5.41, 5.74) is 0.607. The van der Waals surface area contributed by atoms with Gasteiger partial charge in [-0.25, -0.2) is 0 Å². The number of piperidine rings is 1. The highest BCUT2D eigenvalue weighted by atomic mass is 32.1. The van der Waals surface area contributed by atoms with Crippen LogP contribution in [0.25, 0.3) is 0 Å². The Bertz CT molecular complexity index is 680. The van der Waals surface area contributed by atoms with Crippen LogP contribution in [0.3, 0.4) is 0 Å². The van der Waals surface area contributed by atoms with Crippen molar-refractivity contribution >= 4 is 23.2 Å². The lowest BCUT2D eigenvalue weighted by Gasteiger charge is -2.33. The molecule has 2 N–H and O–H groups in total. The van der Waals surface area contributed by atoms with Crippen LogP contribution in [0.1, 0.15) is 34.2 Å². The summed E-state index contributed by atoms with van der Waals surface area (Å²) in [4.78, 5) is 26.8. The molecule has 1 fully saturated rings. The Labute approximate surface area is 144 Å². The third-order valence-corrected chi connectivity index (χ3v) is 5.10. The first-order valence-corrected chi connectivity index (χ1v) is 8.89. The number of hydrogen-bond acceptors (Lipinski definition) is 4. The van der Waals surface area contributed by atoms with Crippen molar-refractivity contribution in [1.82, 2.24) is 10.2 Å². The van der Waals surface area contributed by atoms with E-state index in [2.05, 4.69) is 5.32 Å². The van der Waals surface area contributed by atoms with Crippen molar-refractivity contribution in [2.45, 2.75) is 25.0 Å². The number of aliphatic hydroxyl groups excluding tert-OH is 1. The van der Waals surface area contributed by atoms with Crippen LogP contribution in [0.2, 0.25) is 0 Å². The number of amides is 2. The molecule has 0 radical (unpaired) electrons. The zero-order valence-corrected chi connectivity index (χ0v) is 14.0. The van der Waals surface area contributed by atoms with Gasteiger partial charge in [-0.2, -0.15) is 0 Å². The van der Waals surface area contributed by atoms with Crippen LogP contribution in [-0.4, -0.2) is 41.0 Å². The van der Waals surface area contributed by atoms with E-state index < -0.39 is 6.10 Å². The maximum atomic E-state index is 12.4. The Hall–Kier alpha value is -2.18. The summed E-state index contributed by atoms with van der Waals surface area (Å²) in [6, 6.07) is 12.7. The summed E-state index contributed by atoms with van der Waals surface area (Å²) in [6.07, 6.45) is 0.276. The standard InChI is InChI=1S/C18H20N2O3S/c21-16(13-5-2-1-3-6-13)18(23)20-10-8-14(9-11-20)19-17(22)15-7-4-12-24-15/h1-7,12,14,16,21H,8-11H2,(H,19,22). The largest absolute Gasteiger partial charge is 0.378 e. The molecule has 1 aliphatic heterocycles. The van der Waals surface area contributed by atoms with Crippen LogP contribution in [0, 0.1) is 0 Å². The Kier molecular flexibility index (Phi) is 5.27. The minimum absolute atomic E-state index is 0.0564. The minimum atomic E-state index is -1.12. The normalized spacial score (nSPS) is 16.6. The topological polar surface area (TPSA) is 69.6 Å². The van der Waals surface area contributed by atoms with Gasteiger partial charge in [-0.1, -0.05) is 36.4 Å². The average Bonchev–Trinajstić information content (AvgIpc) is 3.17. The molecule has 126 valence electrons. The highest BCUT2D eigenvalue weighted by Gasteiger charge is 2.28. The van der Waals surface area contributed by atoms with E-state index in [1.807, 2.05) is 17.5 Å². The van der Waals surface area contributed by atoms with Crippen molar-refractivity contribution in [1.29, 1.82) is 0 Å². The first-order valence-electron chi connectivity index (χ1n) is 8.01. The van der Waals surface area contributed by atoms with E-state index in [1.165, 1.54) is 11.3 Å². The second kappa shape index (κ2) is 7.59. The molecule has 1 aromatic heterocycles. The number of carbonyl (C=O) groups excluding carboxylic acids is 2. The Morgan fingerprint density at radius 1 is 1.12 bits per heavy atom. The highest BCUT2D eigenvalue weighted by molar-refractivity contribution is 7.12. The first-order chi connectivity index (χ1) is 11.6. The fraction of sp³-hybridized carbons (Fsp3) is 0.333. The number of rotatable bonds is 4. The van der Waals surface area contributed by atoms with Crippen LogP contribution >= 0.6 is 11.3 Å². The monoisotopic (exact) mass is 344 g/mol. The molecule has 0 saturated carbocycles. The van der Waals surface area contributed by atoms with Crippen molar-refractivity contribution < 1.29 is 14.7 Å². The summed E-state index contributed by atoms with van der Waals surface area (Å²) >= 11 is 1.42. The summed E-state index contributed by atoms with van der Waals surface area (Å²) in [6.45, 7) is 1.08. The Balaban J connectivity index is 1.51. The molecule has 5 nitrogen and oxygen atoms in total. The van der Waals surface area contributed by atoms with Gasteiger partial charge in [0.15, 0.2) is 6.10 Å². The fourth-order valence-corrected chi connectivity index (χ4v) is 3.49. The molecule has 6 heteroatoms. The second-order valence-corrected chi connectivity index (χ2v) is 6.81. The Morgan fingerprint density at radius 2 is 1.83 bits per heavy atom. The molecule has 1 aliphatic rings. The number of nitrogens with zero attached hydrogens (tertiary/aromatic N) is 1. The van der Waals surface area contributed by atoms with Crippen LogP contribution in [-0.2, 0) is 4.79 Å². The predicted molar refractivity (Wildman–Crippen MR) is 92.8 cm³/mol. The molecule has 1 aromatic carbocycles. The Morgan fingerprint density at radius 3 is 2.46 bits per heavy atom. The number of thiophene rings is 1. The molecule has 1 unspecified atom stereocenters. The molecular weight excluding hydrogens is 324 g/mol. The van der Waals surface area contributed by atoms with E-state index in [0.29, 0.717) is 36.4 Å².